The quantitative estimate of drug-likeness (QED) is 0.759. The molecule has 1 fully saturated rings. The number of anilines is 1. The predicted octanol–water partition coefficient (Wildman–Crippen LogP) is 3.13. The summed E-state index contributed by atoms with van der Waals surface area (Å²) in [7, 11) is -5.39. The lowest BCUT2D eigenvalue weighted by Gasteiger charge is -2.29. The first-order chi connectivity index (χ1) is 13.8. The van der Waals surface area contributed by atoms with Crippen LogP contribution in [0.3, 0.4) is 0 Å². The third-order valence-corrected chi connectivity index (χ3v) is 6.60. The van der Waals surface area contributed by atoms with Crippen LogP contribution < -0.4 is 4.90 Å². The number of alkyl halides is 3. The fraction of sp³-hybridized carbons (Fsp3) is 0.368. The lowest BCUT2D eigenvalue weighted by atomic mass is 10.0. The first-order valence-electron chi connectivity index (χ1n) is 8.90. The highest BCUT2D eigenvalue weighted by Gasteiger charge is 2.47. The topological polar surface area (TPSA) is 90.8 Å². The van der Waals surface area contributed by atoms with Crippen LogP contribution in [-0.2, 0) is 16.4 Å². The molecule has 0 unspecified atom stereocenters. The van der Waals surface area contributed by atoms with Gasteiger partial charge in [-0.15, -0.1) is 0 Å². The minimum absolute atomic E-state index is 0.105. The van der Waals surface area contributed by atoms with Crippen molar-refractivity contribution in [2.75, 3.05) is 18.1 Å². The van der Waals surface area contributed by atoms with E-state index in [4.69, 9.17) is 0 Å². The van der Waals surface area contributed by atoms with Crippen molar-refractivity contribution in [1.29, 1.82) is 0 Å². The maximum atomic E-state index is 12.7. The highest BCUT2D eigenvalue weighted by molar-refractivity contribution is 7.92. The van der Waals surface area contributed by atoms with E-state index >= 15 is 0 Å². The number of pyridine rings is 1. The number of carboxylic acids is 1. The van der Waals surface area contributed by atoms with Crippen molar-refractivity contribution in [2.24, 2.45) is 0 Å². The van der Waals surface area contributed by atoms with Gasteiger partial charge >= 0.3 is 11.5 Å². The Hall–Kier alpha value is -2.66. The van der Waals surface area contributed by atoms with Crippen LogP contribution in [0.4, 0.5) is 18.9 Å². The first-order valence-corrected chi connectivity index (χ1v) is 10.4. The van der Waals surface area contributed by atoms with Crippen molar-refractivity contribution in [3.8, 4) is 0 Å². The van der Waals surface area contributed by atoms with E-state index in [1.54, 1.807) is 6.07 Å². The van der Waals surface area contributed by atoms with Crippen LogP contribution in [0.2, 0.25) is 0 Å². The average molecular weight is 443 g/mol. The van der Waals surface area contributed by atoms with Gasteiger partial charge in [-0.25, -0.2) is 13.2 Å². The van der Waals surface area contributed by atoms with Crippen LogP contribution in [0.1, 0.15) is 29.8 Å². The maximum absolute atomic E-state index is 12.7. The SMILES string of the molecule is CC1(C)CN(c2ccc(S(=O)(=O)C(F)(F)F)cc2)CN1Cc1ccncc1C(=O)O. The standard InChI is InChI=1S/C19H20F3N3O4S/c1-18(2)11-24(12-25(18)10-13-7-8-23-9-16(13)17(26)27)14-3-5-15(6-4-14)30(28,29)19(20,21)22/h3-9H,10-12H2,1-2H3,(H,26,27). The van der Waals surface area contributed by atoms with Crippen LogP contribution in [-0.4, -0.2) is 53.6 Å². The van der Waals surface area contributed by atoms with Gasteiger partial charge in [-0.1, -0.05) is 0 Å². The van der Waals surface area contributed by atoms with Crippen LogP contribution in [0.15, 0.2) is 47.6 Å². The van der Waals surface area contributed by atoms with Gasteiger partial charge in [-0.2, -0.15) is 13.2 Å². The van der Waals surface area contributed by atoms with Crippen LogP contribution in [0.5, 0.6) is 0 Å². The Bertz CT molecular complexity index is 1050. The molecule has 0 aliphatic carbocycles. The maximum Gasteiger partial charge on any atom is 0.501 e. The average Bonchev–Trinajstić information content (AvgIpc) is 2.95. The molecule has 0 saturated carbocycles. The van der Waals surface area contributed by atoms with Crippen molar-refractivity contribution >= 4 is 21.5 Å². The number of benzene rings is 1. The van der Waals surface area contributed by atoms with Gasteiger partial charge in [0, 0.05) is 36.7 Å². The molecule has 0 amide bonds. The van der Waals surface area contributed by atoms with E-state index < -0.39 is 26.2 Å². The number of hydrogen-bond acceptors (Lipinski definition) is 6. The van der Waals surface area contributed by atoms with Gasteiger partial charge in [0.1, 0.15) is 0 Å². The molecule has 1 saturated heterocycles. The highest BCUT2D eigenvalue weighted by Crippen LogP contribution is 2.34. The van der Waals surface area contributed by atoms with E-state index in [-0.39, 0.29) is 11.1 Å². The Morgan fingerprint density at radius 1 is 1.20 bits per heavy atom. The van der Waals surface area contributed by atoms with Gasteiger partial charge in [-0.05, 0) is 49.7 Å². The Kier molecular flexibility index (Phi) is 5.54. The summed E-state index contributed by atoms with van der Waals surface area (Å²) in [6.07, 6.45) is 2.81. The molecule has 30 heavy (non-hydrogen) atoms. The van der Waals surface area contributed by atoms with Gasteiger partial charge in [0.05, 0.1) is 17.1 Å². The summed E-state index contributed by atoms with van der Waals surface area (Å²) >= 11 is 0. The molecule has 1 aromatic heterocycles. The van der Waals surface area contributed by atoms with Gasteiger partial charge in [0.2, 0.25) is 0 Å². The number of carbonyl (C=O) groups is 1. The summed E-state index contributed by atoms with van der Waals surface area (Å²) in [4.78, 5) is 18.4. The number of aromatic carboxylic acids is 1. The summed E-state index contributed by atoms with van der Waals surface area (Å²) in [5.41, 5.74) is -4.45. The molecule has 3 rings (SSSR count). The molecule has 2 aromatic rings. The summed E-state index contributed by atoms with van der Waals surface area (Å²) in [6, 6.07) is 6.21. The number of halogens is 3. The van der Waals surface area contributed by atoms with Gasteiger partial charge in [-0.3, -0.25) is 9.88 Å². The molecular weight excluding hydrogens is 423 g/mol. The summed E-state index contributed by atoms with van der Waals surface area (Å²) < 4.78 is 61.2. The molecule has 1 N–H and O–H groups in total. The second-order valence-electron chi connectivity index (χ2n) is 7.63. The second kappa shape index (κ2) is 7.55. The van der Waals surface area contributed by atoms with Crippen molar-refractivity contribution < 1.29 is 31.5 Å². The Labute approximate surface area is 171 Å². The lowest BCUT2D eigenvalue weighted by Crippen LogP contribution is -2.39. The van der Waals surface area contributed by atoms with Crippen molar-refractivity contribution in [2.45, 2.75) is 36.3 Å². The Morgan fingerprint density at radius 3 is 2.40 bits per heavy atom. The van der Waals surface area contributed by atoms with E-state index in [0.29, 0.717) is 31.0 Å². The Balaban J connectivity index is 1.81. The first kappa shape index (κ1) is 22.0. The molecule has 1 aromatic carbocycles. The molecular formula is C19H20F3N3O4S. The van der Waals surface area contributed by atoms with Gasteiger partial charge in [0.25, 0.3) is 9.84 Å². The van der Waals surface area contributed by atoms with Crippen LogP contribution in [0.25, 0.3) is 0 Å². The van der Waals surface area contributed by atoms with Crippen LogP contribution >= 0.6 is 0 Å². The molecule has 162 valence electrons. The number of nitrogens with zero attached hydrogens (tertiary/aromatic N) is 3. The van der Waals surface area contributed by atoms with Crippen molar-refractivity contribution in [1.82, 2.24) is 9.88 Å². The predicted molar refractivity (Wildman–Crippen MR) is 103 cm³/mol. The van der Waals surface area contributed by atoms with E-state index in [9.17, 15) is 31.5 Å². The summed E-state index contributed by atoms with van der Waals surface area (Å²) in [6.45, 7) is 5.19. The summed E-state index contributed by atoms with van der Waals surface area (Å²) in [5.74, 6) is -1.08. The second-order valence-corrected chi connectivity index (χ2v) is 9.57. The Morgan fingerprint density at radius 2 is 1.83 bits per heavy atom. The zero-order chi connectivity index (χ0) is 22.3. The number of sulfone groups is 1. The fourth-order valence-corrected chi connectivity index (χ4v) is 4.14. The zero-order valence-corrected chi connectivity index (χ0v) is 17.0. The molecule has 7 nitrogen and oxygen atoms in total. The number of aromatic nitrogens is 1. The molecule has 11 heteroatoms. The van der Waals surface area contributed by atoms with E-state index in [0.717, 1.165) is 12.1 Å². The smallest absolute Gasteiger partial charge is 0.478 e. The molecule has 2 heterocycles. The number of hydrogen-bond donors (Lipinski definition) is 1. The van der Waals surface area contributed by atoms with Gasteiger partial charge < -0.3 is 10.0 Å². The fourth-order valence-electron chi connectivity index (χ4n) is 3.38. The molecule has 0 bridgehead atoms. The minimum atomic E-state index is -5.39. The number of carboxylic acid groups (broad SMARTS) is 1. The normalized spacial score (nSPS) is 17.3. The minimum Gasteiger partial charge on any atom is -0.478 e. The molecule has 1 aliphatic heterocycles. The summed E-state index contributed by atoms with van der Waals surface area (Å²) in [5, 5.41) is 9.35. The molecule has 0 radical (unpaired) electrons. The van der Waals surface area contributed by atoms with Crippen LogP contribution in [0, 0.1) is 0 Å². The van der Waals surface area contributed by atoms with Crippen molar-refractivity contribution in [3.63, 3.8) is 0 Å². The largest absolute Gasteiger partial charge is 0.501 e. The highest BCUT2D eigenvalue weighted by atomic mass is 32.2. The van der Waals surface area contributed by atoms with Gasteiger partial charge in [0.15, 0.2) is 0 Å². The van der Waals surface area contributed by atoms with Crippen molar-refractivity contribution in [3.05, 3.63) is 53.9 Å². The zero-order valence-electron chi connectivity index (χ0n) is 16.2. The third-order valence-electron chi connectivity index (χ3n) is 5.10. The molecule has 0 spiro atoms. The molecule has 1 aliphatic rings. The van der Waals surface area contributed by atoms with E-state index in [2.05, 4.69) is 4.98 Å². The lowest BCUT2D eigenvalue weighted by molar-refractivity contribution is -0.0436. The molecule has 0 atom stereocenters. The van der Waals surface area contributed by atoms with E-state index in [1.165, 1.54) is 24.5 Å². The monoisotopic (exact) mass is 443 g/mol. The third kappa shape index (κ3) is 4.12. The van der Waals surface area contributed by atoms with E-state index in [1.807, 2.05) is 23.6 Å². The number of rotatable bonds is 5.